The van der Waals surface area contributed by atoms with Gasteiger partial charge < -0.3 is 5.32 Å². The van der Waals surface area contributed by atoms with Crippen molar-refractivity contribution in [3.63, 3.8) is 0 Å². The van der Waals surface area contributed by atoms with Crippen LogP contribution in [0.15, 0.2) is 30.3 Å². The molecule has 0 aliphatic carbocycles. The third-order valence-electron chi connectivity index (χ3n) is 4.32. The molecule has 0 spiro atoms. The molecule has 0 bridgehead atoms. The van der Waals surface area contributed by atoms with Crippen molar-refractivity contribution in [2.24, 2.45) is 0 Å². The summed E-state index contributed by atoms with van der Waals surface area (Å²) in [5.41, 5.74) is 4.75. The van der Waals surface area contributed by atoms with Crippen molar-refractivity contribution in [1.82, 2.24) is 15.3 Å². The summed E-state index contributed by atoms with van der Waals surface area (Å²) in [4.78, 5) is 9.81. The van der Waals surface area contributed by atoms with E-state index in [-0.39, 0.29) is 5.41 Å². The Bertz CT molecular complexity index is 645. The standard InChI is InChI=1S/C18H23N3/c1-12(2)16-14-10-19-11-15(14)20-17(21-16)18(3,4)13-8-6-5-7-9-13/h5-9,12,19H,10-11H2,1-4H3. The minimum absolute atomic E-state index is 0.178. The van der Waals surface area contributed by atoms with Crippen LogP contribution in [0.2, 0.25) is 0 Å². The fraction of sp³-hybridized carbons (Fsp3) is 0.444. The summed E-state index contributed by atoms with van der Waals surface area (Å²) >= 11 is 0. The monoisotopic (exact) mass is 281 g/mol. The summed E-state index contributed by atoms with van der Waals surface area (Å²) in [5, 5.41) is 3.40. The van der Waals surface area contributed by atoms with Gasteiger partial charge in [0.1, 0.15) is 5.82 Å². The summed E-state index contributed by atoms with van der Waals surface area (Å²) in [5.74, 6) is 1.35. The maximum Gasteiger partial charge on any atom is 0.138 e. The Balaban J connectivity index is 2.13. The SMILES string of the molecule is CC(C)c1nc(C(C)(C)c2ccccc2)nc2c1CNC2. The molecule has 1 aliphatic rings. The van der Waals surface area contributed by atoms with Gasteiger partial charge in [-0.2, -0.15) is 0 Å². The average Bonchev–Trinajstić information content (AvgIpc) is 2.95. The topological polar surface area (TPSA) is 37.8 Å². The molecule has 0 saturated carbocycles. The Hall–Kier alpha value is -1.74. The molecule has 0 atom stereocenters. The molecule has 3 nitrogen and oxygen atoms in total. The largest absolute Gasteiger partial charge is 0.307 e. The van der Waals surface area contributed by atoms with Gasteiger partial charge in [-0.1, -0.05) is 44.2 Å². The average molecular weight is 281 g/mol. The van der Waals surface area contributed by atoms with E-state index in [1.807, 2.05) is 6.07 Å². The van der Waals surface area contributed by atoms with Gasteiger partial charge in [0.2, 0.25) is 0 Å². The number of rotatable bonds is 3. The van der Waals surface area contributed by atoms with Crippen LogP contribution in [0.1, 0.15) is 62.0 Å². The molecule has 0 saturated heterocycles. The van der Waals surface area contributed by atoms with Gasteiger partial charge in [0.05, 0.1) is 11.4 Å². The van der Waals surface area contributed by atoms with E-state index in [9.17, 15) is 0 Å². The van der Waals surface area contributed by atoms with Crippen molar-refractivity contribution in [2.45, 2.75) is 52.1 Å². The predicted molar refractivity (Wildman–Crippen MR) is 85.2 cm³/mol. The lowest BCUT2D eigenvalue weighted by atomic mass is 9.83. The Kier molecular flexibility index (Phi) is 3.54. The lowest BCUT2D eigenvalue weighted by molar-refractivity contribution is 0.575. The van der Waals surface area contributed by atoms with Crippen LogP contribution in [0.5, 0.6) is 0 Å². The van der Waals surface area contributed by atoms with Crippen molar-refractivity contribution in [2.75, 3.05) is 0 Å². The zero-order valence-corrected chi connectivity index (χ0v) is 13.3. The van der Waals surface area contributed by atoms with Crippen LogP contribution in [0.4, 0.5) is 0 Å². The lowest BCUT2D eigenvalue weighted by Crippen LogP contribution is -2.24. The molecule has 2 heterocycles. The smallest absolute Gasteiger partial charge is 0.138 e. The highest BCUT2D eigenvalue weighted by atomic mass is 15.0. The Morgan fingerprint density at radius 3 is 2.43 bits per heavy atom. The molecule has 3 heteroatoms. The van der Waals surface area contributed by atoms with Gasteiger partial charge >= 0.3 is 0 Å². The molecule has 110 valence electrons. The number of aromatic nitrogens is 2. The summed E-state index contributed by atoms with van der Waals surface area (Å²) in [7, 11) is 0. The second kappa shape index (κ2) is 5.23. The third-order valence-corrected chi connectivity index (χ3v) is 4.32. The van der Waals surface area contributed by atoms with E-state index in [1.54, 1.807) is 0 Å². The molecular formula is C18H23N3. The number of hydrogen-bond donors (Lipinski definition) is 1. The fourth-order valence-electron chi connectivity index (χ4n) is 2.94. The number of nitrogens with one attached hydrogen (secondary N) is 1. The van der Waals surface area contributed by atoms with Gasteiger partial charge in [-0.25, -0.2) is 9.97 Å². The van der Waals surface area contributed by atoms with E-state index in [1.165, 1.54) is 22.5 Å². The van der Waals surface area contributed by atoms with Crippen LogP contribution in [0.25, 0.3) is 0 Å². The van der Waals surface area contributed by atoms with Crippen molar-refractivity contribution in [3.05, 3.63) is 58.7 Å². The lowest BCUT2D eigenvalue weighted by Gasteiger charge is -2.25. The first-order valence-corrected chi connectivity index (χ1v) is 7.66. The van der Waals surface area contributed by atoms with Crippen molar-refractivity contribution >= 4 is 0 Å². The molecule has 0 fully saturated rings. The first-order valence-electron chi connectivity index (χ1n) is 7.66. The predicted octanol–water partition coefficient (Wildman–Crippen LogP) is 3.53. The molecule has 0 amide bonds. The van der Waals surface area contributed by atoms with Gasteiger partial charge in [0.25, 0.3) is 0 Å². The number of hydrogen-bond acceptors (Lipinski definition) is 3. The van der Waals surface area contributed by atoms with Gasteiger partial charge in [-0.3, -0.25) is 0 Å². The highest BCUT2D eigenvalue weighted by Crippen LogP contribution is 2.32. The Morgan fingerprint density at radius 2 is 1.76 bits per heavy atom. The molecule has 1 aromatic heterocycles. The highest BCUT2D eigenvalue weighted by Gasteiger charge is 2.30. The fourth-order valence-corrected chi connectivity index (χ4v) is 2.94. The molecule has 1 N–H and O–H groups in total. The molecule has 0 unspecified atom stereocenters. The molecule has 3 rings (SSSR count). The van der Waals surface area contributed by atoms with Crippen molar-refractivity contribution in [1.29, 1.82) is 0 Å². The first kappa shape index (κ1) is 14.2. The van der Waals surface area contributed by atoms with E-state index in [0.29, 0.717) is 5.92 Å². The summed E-state index contributed by atoms with van der Waals surface area (Å²) < 4.78 is 0. The quantitative estimate of drug-likeness (QED) is 0.935. The van der Waals surface area contributed by atoms with Crippen LogP contribution in [-0.4, -0.2) is 9.97 Å². The van der Waals surface area contributed by atoms with Gasteiger partial charge in [-0.05, 0) is 25.3 Å². The third kappa shape index (κ3) is 2.46. The van der Waals surface area contributed by atoms with Crippen LogP contribution in [-0.2, 0) is 18.5 Å². The molecule has 21 heavy (non-hydrogen) atoms. The van der Waals surface area contributed by atoms with Crippen LogP contribution in [0, 0.1) is 0 Å². The minimum Gasteiger partial charge on any atom is -0.307 e. The summed E-state index contributed by atoms with van der Waals surface area (Å²) in [6.45, 7) is 10.6. The number of benzene rings is 1. The maximum atomic E-state index is 4.94. The minimum atomic E-state index is -0.178. The zero-order chi connectivity index (χ0) is 15.0. The van der Waals surface area contributed by atoms with Gasteiger partial charge in [0, 0.05) is 24.1 Å². The molecule has 1 aromatic carbocycles. The van der Waals surface area contributed by atoms with Gasteiger partial charge in [0.15, 0.2) is 0 Å². The maximum absolute atomic E-state index is 4.94. The second-order valence-corrected chi connectivity index (χ2v) is 6.61. The van der Waals surface area contributed by atoms with E-state index in [2.05, 4.69) is 57.3 Å². The Labute approximate surface area is 126 Å². The normalized spacial score (nSPS) is 14.5. The van der Waals surface area contributed by atoms with Crippen LogP contribution < -0.4 is 5.32 Å². The van der Waals surface area contributed by atoms with E-state index in [0.717, 1.165) is 18.9 Å². The van der Waals surface area contributed by atoms with Crippen molar-refractivity contribution in [3.8, 4) is 0 Å². The summed E-state index contributed by atoms with van der Waals surface area (Å²) in [6.07, 6.45) is 0. The molecule has 2 aromatic rings. The number of fused-ring (bicyclic) bond motifs is 1. The van der Waals surface area contributed by atoms with Crippen molar-refractivity contribution < 1.29 is 0 Å². The van der Waals surface area contributed by atoms with Crippen LogP contribution >= 0.6 is 0 Å². The number of nitrogens with zero attached hydrogens (tertiary/aromatic N) is 2. The van der Waals surface area contributed by atoms with Gasteiger partial charge in [-0.15, -0.1) is 0 Å². The molecular weight excluding hydrogens is 258 g/mol. The Morgan fingerprint density at radius 1 is 1.05 bits per heavy atom. The van der Waals surface area contributed by atoms with E-state index < -0.39 is 0 Å². The van der Waals surface area contributed by atoms with E-state index >= 15 is 0 Å². The molecule has 0 radical (unpaired) electrons. The van der Waals surface area contributed by atoms with E-state index in [4.69, 9.17) is 9.97 Å². The first-order chi connectivity index (χ1) is 10.00. The van der Waals surface area contributed by atoms with Crippen LogP contribution in [0.3, 0.4) is 0 Å². The molecule has 1 aliphatic heterocycles. The second-order valence-electron chi connectivity index (χ2n) is 6.61. The highest BCUT2D eigenvalue weighted by molar-refractivity contribution is 5.36. The zero-order valence-electron chi connectivity index (χ0n) is 13.3. The summed E-state index contributed by atoms with van der Waals surface area (Å²) in [6, 6.07) is 10.5.